The van der Waals surface area contributed by atoms with Crippen molar-refractivity contribution < 1.29 is 14.3 Å². The Morgan fingerprint density at radius 1 is 1.24 bits per heavy atom. The lowest BCUT2D eigenvalue weighted by molar-refractivity contribution is 0.201. The molecule has 2 heterocycles. The number of aliphatic hydroxyl groups excluding tert-OH is 1. The summed E-state index contributed by atoms with van der Waals surface area (Å²) in [6.07, 6.45) is 0. The van der Waals surface area contributed by atoms with Crippen molar-refractivity contribution in [3.63, 3.8) is 0 Å². The second-order valence-corrected chi connectivity index (χ2v) is 5.05. The zero-order valence-electron chi connectivity index (χ0n) is 11.5. The molecule has 0 saturated carbocycles. The Morgan fingerprint density at radius 2 is 2.10 bits per heavy atom. The fraction of sp³-hybridized carbons (Fsp3) is 0.188. The first-order chi connectivity index (χ1) is 10.2. The summed E-state index contributed by atoms with van der Waals surface area (Å²) in [5, 5.41) is 10.2. The molecule has 0 radical (unpaired) electrons. The van der Waals surface area contributed by atoms with Crippen molar-refractivity contribution >= 4 is 22.5 Å². The molecule has 108 valence electrons. The van der Waals surface area contributed by atoms with Gasteiger partial charge in [0.05, 0.1) is 12.1 Å². The number of fused-ring (bicyclic) bond motifs is 1. The van der Waals surface area contributed by atoms with Crippen molar-refractivity contribution in [2.24, 2.45) is 0 Å². The summed E-state index contributed by atoms with van der Waals surface area (Å²) < 4.78 is 10.8. The maximum Gasteiger partial charge on any atom is 0.194 e. The summed E-state index contributed by atoms with van der Waals surface area (Å²) in [6.45, 7) is 2.26. The van der Waals surface area contributed by atoms with Crippen LogP contribution in [0.2, 0.25) is 5.22 Å². The van der Waals surface area contributed by atoms with Crippen molar-refractivity contribution in [2.75, 3.05) is 13.2 Å². The molecular formula is C16H14ClNO3. The normalized spacial score (nSPS) is 11.0. The highest BCUT2D eigenvalue weighted by Crippen LogP contribution is 2.29. The molecule has 0 aliphatic heterocycles. The van der Waals surface area contributed by atoms with E-state index in [-0.39, 0.29) is 13.2 Å². The van der Waals surface area contributed by atoms with Crippen LogP contribution in [0.1, 0.15) is 5.56 Å². The highest BCUT2D eigenvalue weighted by Gasteiger charge is 2.09. The lowest BCUT2D eigenvalue weighted by Crippen LogP contribution is -2.01. The number of furan rings is 1. The Bertz CT molecular complexity index is 782. The van der Waals surface area contributed by atoms with Gasteiger partial charge >= 0.3 is 0 Å². The van der Waals surface area contributed by atoms with Gasteiger partial charge in [-0.25, -0.2) is 4.98 Å². The number of halogens is 1. The van der Waals surface area contributed by atoms with Gasteiger partial charge in [-0.3, -0.25) is 0 Å². The number of pyridine rings is 1. The van der Waals surface area contributed by atoms with Crippen molar-refractivity contribution in [3.05, 3.63) is 47.2 Å². The second kappa shape index (κ2) is 5.76. The van der Waals surface area contributed by atoms with E-state index in [9.17, 15) is 0 Å². The number of nitrogens with zero attached hydrogens (tertiary/aromatic N) is 1. The van der Waals surface area contributed by atoms with Gasteiger partial charge in [-0.2, -0.15) is 0 Å². The van der Waals surface area contributed by atoms with E-state index in [0.29, 0.717) is 16.7 Å². The van der Waals surface area contributed by atoms with Crippen molar-refractivity contribution in [2.45, 2.75) is 6.92 Å². The Hall–Kier alpha value is -2.04. The third-order valence-electron chi connectivity index (χ3n) is 3.17. The minimum absolute atomic E-state index is 0.0184. The molecule has 0 unspecified atom stereocenters. The largest absolute Gasteiger partial charge is 0.491 e. The van der Waals surface area contributed by atoms with Crippen LogP contribution in [0.3, 0.4) is 0 Å². The molecule has 0 bridgehead atoms. The number of aromatic nitrogens is 1. The lowest BCUT2D eigenvalue weighted by Gasteiger charge is -2.08. The highest BCUT2D eigenvalue weighted by atomic mass is 35.5. The average Bonchev–Trinajstić information content (AvgIpc) is 2.91. The third kappa shape index (κ3) is 2.86. The first-order valence-corrected chi connectivity index (χ1v) is 6.96. The fourth-order valence-corrected chi connectivity index (χ4v) is 2.36. The number of hydrogen-bond donors (Lipinski definition) is 1. The van der Waals surface area contributed by atoms with Crippen LogP contribution in [-0.2, 0) is 0 Å². The van der Waals surface area contributed by atoms with E-state index in [2.05, 4.69) is 4.98 Å². The van der Waals surface area contributed by atoms with Crippen LogP contribution in [0.4, 0.5) is 0 Å². The van der Waals surface area contributed by atoms with Gasteiger partial charge in [0.1, 0.15) is 18.1 Å². The maximum atomic E-state index is 8.81. The van der Waals surface area contributed by atoms with Crippen LogP contribution in [0.25, 0.3) is 22.4 Å². The quantitative estimate of drug-likeness (QED) is 0.796. The first kappa shape index (κ1) is 13.9. The molecule has 0 aliphatic rings. The molecule has 3 rings (SSSR count). The van der Waals surface area contributed by atoms with Gasteiger partial charge in [0.2, 0.25) is 0 Å². The SMILES string of the molecule is Cc1cc(-c2ccc(Cl)o2)nc2cc(OCCO)ccc12. The second-order valence-electron chi connectivity index (χ2n) is 4.68. The average molecular weight is 304 g/mol. The smallest absolute Gasteiger partial charge is 0.194 e. The number of ether oxygens (including phenoxy) is 1. The Balaban J connectivity index is 2.07. The fourth-order valence-electron chi connectivity index (χ4n) is 2.21. The standard InChI is InChI=1S/C16H14ClNO3/c1-10-8-14(15-4-5-16(17)21-15)18-13-9-11(20-7-6-19)2-3-12(10)13/h2-5,8-9,19H,6-7H2,1H3. The molecule has 21 heavy (non-hydrogen) atoms. The summed E-state index contributed by atoms with van der Waals surface area (Å²) in [5.74, 6) is 1.31. The van der Waals surface area contributed by atoms with Gasteiger partial charge in [0, 0.05) is 11.5 Å². The molecule has 5 heteroatoms. The molecule has 0 aliphatic carbocycles. The molecular weight excluding hydrogens is 290 g/mol. The Kier molecular flexibility index (Phi) is 3.82. The summed E-state index contributed by atoms with van der Waals surface area (Å²) in [5.41, 5.74) is 2.63. The van der Waals surface area contributed by atoms with E-state index in [1.807, 2.05) is 31.2 Å². The van der Waals surface area contributed by atoms with E-state index >= 15 is 0 Å². The molecule has 0 saturated heterocycles. The van der Waals surface area contributed by atoms with Crippen molar-refractivity contribution in [1.82, 2.24) is 4.98 Å². The molecule has 4 nitrogen and oxygen atoms in total. The molecule has 1 aromatic carbocycles. The number of aliphatic hydroxyl groups is 1. The lowest BCUT2D eigenvalue weighted by atomic mass is 10.1. The van der Waals surface area contributed by atoms with Crippen LogP contribution in [0.15, 0.2) is 40.8 Å². The summed E-state index contributed by atoms with van der Waals surface area (Å²) in [4.78, 5) is 4.59. The Morgan fingerprint density at radius 3 is 2.81 bits per heavy atom. The minimum Gasteiger partial charge on any atom is -0.491 e. The molecule has 0 atom stereocenters. The van der Waals surface area contributed by atoms with Crippen molar-refractivity contribution in [3.8, 4) is 17.2 Å². The number of aryl methyl sites for hydroxylation is 1. The van der Waals surface area contributed by atoms with E-state index in [4.69, 9.17) is 25.9 Å². The van der Waals surface area contributed by atoms with Gasteiger partial charge in [-0.05, 0) is 54.4 Å². The van der Waals surface area contributed by atoms with Crippen LogP contribution >= 0.6 is 11.6 Å². The number of hydrogen-bond acceptors (Lipinski definition) is 4. The van der Waals surface area contributed by atoms with Gasteiger partial charge in [0.15, 0.2) is 11.0 Å². The zero-order valence-corrected chi connectivity index (χ0v) is 12.2. The Labute approximate surface area is 126 Å². The highest BCUT2D eigenvalue weighted by molar-refractivity contribution is 6.29. The summed E-state index contributed by atoms with van der Waals surface area (Å²) in [7, 11) is 0. The van der Waals surface area contributed by atoms with E-state index in [1.165, 1.54) is 0 Å². The zero-order chi connectivity index (χ0) is 14.8. The van der Waals surface area contributed by atoms with Gasteiger partial charge in [-0.15, -0.1) is 0 Å². The predicted octanol–water partition coefficient (Wildman–Crippen LogP) is 3.83. The van der Waals surface area contributed by atoms with Gasteiger partial charge in [-0.1, -0.05) is 0 Å². The molecule has 2 aromatic heterocycles. The first-order valence-electron chi connectivity index (χ1n) is 6.58. The number of benzene rings is 1. The van der Waals surface area contributed by atoms with Gasteiger partial charge < -0.3 is 14.3 Å². The molecule has 0 spiro atoms. The molecule has 0 amide bonds. The topological polar surface area (TPSA) is 55.5 Å². The maximum absolute atomic E-state index is 8.81. The van der Waals surface area contributed by atoms with Crippen LogP contribution < -0.4 is 4.74 Å². The minimum atomic E-state index is -0.0184. The summed E-state index contributed by atoms with van der Waals surface area (Å²) in [6, 6.07) is 11.1. The monoisotopic (exact) mass is 303 g/mol. The third-order valence-corrected chi connectivity index (χ3v) is 3.38. The van der Waals surface area contributed by atoms with Crippen LogP contribution in [0, 0.1) is 6.92 Å². The van der Waals surface area contributed by atoms with Crippen molar-refractivity contribution in [1.29, 1.82) is 0 Å². The van der Waals surface area contributed by atoms with E-state index < -0.39 is 0 Å². The van der Waals surface area contributed by atoms with Crippen LogP contribution in [0.5, 0.6) is 5.75 Å². The number of rotatable bonds is 4. The van der Waals surface area contributed by atoms with Crippen LogP contribution in [-0.4, -0.2) is 23.3 Å². The van der Waals surface area contributed by atoms with Gasteiger partial charge in [0.25, 0.3) is 0 Å². The predicted molar refractivity (Wildman–Crippen MR) is 81.8 cm³/mol. The molecule has 0 fully saturated rings. The summed E-state index contributed by atoms with van der Waals surface area (Å²) >= 11 is 5.81. The molecule has 3 aromatic rings. The van der Waals surface area contributed by atoms with E-state index in [1.54, 1.807) is 12.1 Å². The molecule has 1 N–H and O–H groups in total. The van der Waals surface area contributed by atoms with E-state index in [0.717, 1.165) is 22.2 Å².